The second-order valence-corrected chi connectivity index (χ2v) is 20.3. The Bertz CT molecular complexity index is 3920. The van der Waals surface area contributed by atoms with E-state index in [4.69, 9.17) is 0 Å². The van der Waals surface area contributed by atoms with Crippen LogP contribution in [0.2, 0.25) is 0 Å². The molecule has 4 aliphatic carbocycles. The van der Waals surface area contributed by atoms with Crippen LogP contribution in [-0.4, -0.2) is 0 Å². The molecule has 0 aromatic heterocycles. The highest BCUT2D eigenvalue weighted by Gasteiger charge is 2.42. The van der Waals surface area contributed by atoms with Gasteiger partial charge in [0.2, 0.25) is 0 Å². The van der Waals surface area contributed by atoms with Gasteiger partial charge in [-0.3, -0.25) is 0 Å². The van der Waals surface area contributed by atoms with Gasteiger partial charge in [0.15, 0.2) is 0 Å². The van der Waals surface area contributed by atoms with Crippen molar-refractivity contribution >= 4 is 60.2 Å². The van der Waals surface area contributed by atoms with Gasteiger partial charge in [0.1, 0.15) is 0 Å². The molecule has 0 N–H and O–H groups in total. The minimum absolute atomic E-state index is 0.0422. The molecule has 14 rings (SSSR count). The zero-order chi connectivity index (χ0) is 45.3. The molecule has 10 aromatic rings. The summed E-state index contributed by atoms with van der Waals surface area (Å²) in [6, 6.07) is 77.9. The molecule has 0 aliphatic heterocycles. The average molecular weight is 865 g/mol. The highest BCUT2D eigenvalue weighted by molar-refractivity contribution is 6.36. The van der Waals surface area contributed by atoms with E-state index < -0.39 is 0 Å². The number of hydrogen-bond acceptors (Lipinski definition) is 0. The molecular weight excluding hydrogens is 817 g/mol. The molecule has 10 aromatic carbocycles. The SMILES string of the molecule is CC(C)(C)c1ccc2c(c1)-c1cccc3c(C4=CC5C(c6cccc(-c7ccccc7)c6)=C6C(=C(c7cccc(-c8ccccc8)c7)C5C=C4)c4cccc5c4c6cc4ccccc45)ccc-2c13. The van der Waals surface area contributed by atoms with Crippen molar-refractivity contribution in [3.8, 4) is 44.5 Å². The minimum atomic E-state index is 0.0422. The van der Waals surface area contributed by atoms with Crippen LogP contribution in [0.15, 0.2) is 224 Å². The maximum absolute atomic E-state index is 2.64. The van der Waals surface area contributed by atoms with Crippen LogP contribution in [0.5, 0.6) is 0 Å². The largest absolute Gasteiger partial charge is 0.0754 e. The molecule has 0 heterocycles. The van der Waals surface area contributed by atoms with E-state index >= 15 is 0 Å². The van der Waals surface area contributed by atoms with E-state index in [0.29, 0.717) is 0 Å². The summed E-state index contributed by atoms with van der Waals surface area (Å²) in [5.74, 6) is 0.121. The lowest BCUT2D eigenvalue weighted by Gasteiger charge is -2.38. The van der Waals surface area contributed by atoms with Crippen molar-refractivity contribution in [3.05, 3.63) is 258 Å². The molecule has 0 heteroatoms. The van der Waals surface area contributed by atoms with Gasteiger partial charge in [-0.25, -0.2) is 0 Å². The second kappa shape index (κ2) is 14.7. The molecule has 4 aliphatic rings. The van der Waals surface area contributed by atoms with Gasteiger partial charge in [-0.1, -0.05) is 221 Å². The van der Waals surface area contributed by atoms with E-state index in [0.717, 1.165) is 0 Å². The van der Waals surface area contributed by atoms with Gasteiger partial charge < -0.3 is 0 Å². The molecule has 0 fully saturated rings. The Morgan fingerprint density at radius 1 is 0.338 bits per heavy atom. The second-order valence-electron chi connectivity index (χ2n) is 20.3. The lowest BCUT2D eigenvalue weighted by Crippen LogP contribution is -2.23. The minimum Gasteiger partial charge on any atom is -0.0754 e. The lowest BCUT2D eigenvalue weighted by molar-refractivity contribution is 0.590. The fourth-order valence-corrected chi connectivity index (χ4v) is 12.4. The fraction of sp³-hybridized carbons (Fsp3) is 0.0882. The van der Waals surface area contributed by atoms with Crippen molar-refractivity contribution in [2.24, 2.45) is 11.8 Å². The summed E-state index contributed by atoms with van der Waals surface area (Å²) in [6.45, 7) is 6.94. The van der Waals surface area contributed by atoms with Gasteiger partial charge in [-0.15, -0.1) is 0 Å². The van der Waals surface area contributed by atoms with Crippen LogP contribution >= 0.6 is 0 Å². The number of fused-ring (bicyclic) bond motifs is 9. The summed E-state index contributed by atoms with van der Waals surface area (Å²) in [5, 5.41) is 7.94. The van der Waals surface area contributed by atoms with E-state index in [2.05, 4.69) is 245 Å². The molecule has 0 radical (unpaired) electrons. The van der Waals surface area contributed by atoms with Crippen LogP contribution in [0.25, 0.3) is 105 Å². The van der Waals surface area contributed by atoms with Crippen LogP contribution < -0.4 is 0 Å². The molecule has 0 spiro atoms. The number of benzene rings is 10. The molecule has 320 valence electrons. The van der Waals surface area contributed by atoms with Crippen LogP contribution in [0, 0.1) is 11.8 Å². The van der Waals surface area contributed by atoms with Crippen LogP contribution in [0.1, 0.15) is 54.2 Å². The van der Waals surface area contributed by atoms with Gasteiger partial charge in [0.05, 0.1) is 0 Å². The van der Waals surface area contributed by atoms with E-state index in [9.17, 15) is 0 Å². The van der Waals surface area contributed by atoms with Crippen molar-refractivity contribution in [2.75, 3.05) is 0 Å². The third kappa shape index (κ3) is 5.80. The molecule has 0 amide bonds. The molecule has 0 saturated heterocycles. The Hall–Kier alpha value is -8.06. The van der Waals surface area contributed by atoms with Crippen LogP contribution in [0.4, 0.5) is 0 Å². The van der Waals surface area contributed by atoms with Gasteiger partial charge in [0.25, 0.3) is 0 Å². The monoisotopic (exact) mass is 864 g/mol. The average Bonchev–Trinajstić information content (AvgIpc) is 3.89. The molecule has 68 heavy (non-hydrogen) atoms. The molecule has 0 saturated carbocycles. The normalized spacial score (nSPS) is 16.7. The highest BCUT2D eigenvalue weighted by atomic mass is 14.4. The molecule has 0 bridgehead atoms. The molecule has 2 unspecified atom stereocenters. The van der Waals surface area contributed by atoms with Crippen molar-refractivity contribution in [1.29, 1.82) is 0 Å². The van der Waals surface area contributed by atoms with Crippen LogP contribution in [0.3, 0.4) is 0 Å². The van der Waals surface area contributed by atoms with Crippen molar-refractivity contribution in [3.63, 3.8) is 0 Å². The Morgan fingerprint density at radius 2 is 0.868 bits per heavy atom. The maximum atomic E-state index is 2.64. The van der Waals surface area contributed by atoms with E-state index in [1.807, 2.05) is 0 Å². The Morgan fingerprint density at radius 3 is 1.59 bits per heavy atom. The summed E-state index contributed by atoms with van der Waals surface area (Å²) in [4.78, 5) is 0. The van der Waals surface area contributed by atoms with E-state index in [-0.39, 0.29) is 17.3 Å². The van der Waals surface area contributed by atoms with Gasteiger partial charge in [0, 0.05) is 11.8 Å². The summed E-state index contributed by atoms with van der Waals surface area (Å²) >= 11 is 0. The first kappa shape index (κ1) is 39.1. The van der Waals surface area contributed by atoms with Crippen molar-refractivity contribution in [2.45, 2.75) is 26.2 Å². The van der Waals surface area contributed by atoms with E-state index in [1.165, 1.54) is 138 Å². The van der Waals surface area contributed by atoms with Gasteiger partial charge in [-0.2, -0.15) is 0 Å². The quantitative estimate of drug-likeness (QED) is 0.151. The van der Waals surface area contributed by atoms with Crippen molar-refractivity contribution in [1.82, 2.24) is 0 Å². The zero-order valence-corrected chi connectivity index (χ0v) is 38.5. The number of rotatable bonds is 5. The molecular formula is C68H48. The summed E-state index contributed by atoms with van der Waals surface area (Å²) in [6.07, 6.45) is 7.65. The topological polar surface area (TPSA) is 0 Å². The highest BCUT2D eigenvalue weighted by Crippen LogP contribution is 2.62. The molecule has 0 nitrogen and oxygen atoms in total. The first-order valence-corrected chi connectivity index (χ1v) is 24.2. The Labute approximate surface area is 398 Å². The third-order valence-corrected chi connectivity index (χ3v) is 15.5. The van der Waals surface area contributed by atoms with Gasteiger partial charge >= 0.3 is 0 Å². The zero-order valence-electron chi connectivity index (χ0n) is 38.5. The summed E-state index contributed by atoms with van der Waals surface area (Å²) < 4.78 is 0. The number of hydrogen-bond donors (Lipinski definition) is 0. The predicted molar refractivity (Wildman–Crippen MR) is 290 cm³/mol. The molecule has 2 atom stereocenters. The van der Waals surface area contributed by atoms with Crippen LogP contribution in [-0.2, 0) is 5.41 Å². The first-order chi connectivity index (χ1) is 33.4. The standard InChI is InChI=1S/C68H48/c1-68(2,3)49-31-33-52-56-35-34-51(54-26-14-28-55(64(54)56)59(52)40-49)46-30-32-57-60(38-46)63(48-24-13-22-44(37-48)42-18-8-5-9-19-42)67-61-39-45-20-10-11-25-50(45)53-27-15-29-58(65(53)61)66(67)62(57)47-23-12-21-43(36-47)41-16-6-4-7-17-41/h4-40,57,60H,1-3H3. The van der Waals surface area contributed by atoms with Crippen molar-refractivity contribution < 1.29 is 0 Å². The Kier molecular flexibility index (Phi) is 8.47. The van der Waals surface area contributed by atoms with E-state index in [1.54, 1.807) is 0 Å². The van der Waals surface area contributed by atoms with Gasteiger partial charge in [-0.05, 0) is 168 Å². The lowest BCUT2D eigenvalue weighted by atomic mass is 9.65. The summed E-state index contributed by atoms with van der Waals surface area (Å²) in [7, 11) is 0. The fourth-order valence-electron chi connectivity index (χ4n) is 12.4. The Balaban J connectivity index is 1.06. The predicted octanol–water partition coefficient (Wildman–Crippen LogP) is 18.2. The third-order valence-electron chi connectivity index (χ3n) is 15.5. The first-order valence-electron chi connectivity index (χ1n) is 24.2. The maximum Gasteiger partial charge on any atom is 0.0144 e. The smallest absolute Gasteiger partial charge is 0.0144 e. The summed E-state index contributed by atoms with van der Waals surface area (Å²) in [5.41, 5.74) is 25.0. The number of allylic oxidation sites excluding steroid dienone is 8.